The second-order valence-corrected chi connectivity index (χ2v) is 5.12. The summed E-state index contributed by atoms with van der Waals surface area (Å²) in [6.45, 7) is 7.79. The van der Waals surface area contributed by atoms with E-state index in [1.165, 1.54) is 12.0 Å². The lowest BCUT2D eigenvalue weighted by Gasteiger charge is -2.25. The number of nitrogens with one attached hydrogen (secondary N) is 1. The first-order valence-electron chi connectivity index (χ1n) is 7.20. The fourth-order valence-electron chi connectivity index (χ4n) is 2.36. The third kappa shape index (κ3) is 3.29. The number of rotatable bonds is 6. The zero-order chi connectivity index (χ0) is 13.7. The van der Waals surface area contributed by atoms with Gasteiger partial charge in [0.1, 0.15) is 0 Å². The van der Waals surface area contributed by atoms with E-state index in [1.807, 2.05) is 0 Å². The first-order chi connectivity index (χ1) is 9.26. The lowest BCUT2D eigenvalue weighted by atomic mass is 9.92. The molecule has 0 aliphatic heterocycles. The van der Waals surface area contributed by atoms with Crippen LogP contribution in [0.5, 0.6) is 0 Å². The molecule has 0 aliphatic carbocycles. The van der Waals surface area contributed by atoms with E-state index in [0.29, 0.717) is 12.0 Å². The summed E-state index contributed by atoms with van der Waals surface area (Å²) in [4.78, 5) is 8.73. The van der Waals surface area contributed by atoms with Gasteiger partial charge >= 0.3 is 0 Å². The van der Waals surface area contributed by atoms with Crippen molar-refractivity contribution >= 4 is 11.0 Å². The van der Waals surface area contributed by atoms with Crippen molar-refractivity contribution in [1.82, 2.24) is 15.3 Å². The Kier molecular flexibility index (Phi) is 4.86. The maximum atomic E-state index is 4.40. The largest absolute Gasteiger partial charge is 0.310 e. The minimum Gasteiger partial charge on any atom is -0.310 e. The summed E-state index contributed by atoms with van der Waals surface area (Å²) in [6, 6.07) is 6.82. The Balaban J connectivity index is 2.32. The smallest absolute Gasteiger partial charge is 0.0890 e. The van der Waals surface area contributed by atoms with E-state index in [4.69, 9.17) is 0 Å². The lowest BCUT2D eigenvalue weighted by Crippen LogP contribution is -2.27. The van der Waals surface area contributed by atoms with Crippen LogP contribution in [0.4, 0.5) is 0 Å². The second-order valence-electron chi connectivity index (χ2n) is 5.12. The van der Waals surface area contributed by atoms with Gasteiger partial charge in [0.25, 0.3) is 0 Å². The molecule has 0 spiro atoms. The van der Waals surface area contributed by atoms with Crippen LogP contribution in [0.15, 0.2) is 30.6 Å². The van der Waals surface area contributed by atoms with Crippen LogP contribution in [0, 0.1) is 5.92 Å². The maximum absolute atomic E-state index is 4.40. The van der Waals surface area contributed by atoms with Gasteiger partial charge in [0, 0.05) is 18.4 Å². The van der Waals surface area contributed by atoms with E-state index in [1.54, 1.807) is 12.4 Å². The van der Waals surface area contributed by atoms with Gasteiger partial charge in [-0.3, -0.25) is 9.97 Å². The SMILES string of the molecule is CCCNC(c1ccc2nccnc2c1)C(C)CC. The first kappa shape index (κ1) is 13.9. The summed E-state index contributed by atoms with van der Waals surface area (Å²) in [5.41, 5.74) is 3.26. The molecule has 3 nitrogen and oxygen atoms in total. The van der Waals surface area contributed by atoms with Gasteiger partial charge in [-0.15, -0.1) is 0 Å². The van der Waals surface area contributed by atoms with Gasteiger partial charge in [-0.25, -0.2) is 0 Å². The fourth-order valence-corrected chi connectivity index (χ4v) is 2.36. The van der Waals surface area contributed by atoms with E-state index in [-0.39, 0.29) is 0 Å². The standard InChI is InChI=1S/C16H23N3/c1-4-8-19-16(12(3)5-2)13-6-7-14-15(11-13)18-10-9-17-14/h6-7,9-12,16,19H,4-5,8H2,1-3H3. The van der Waals surface area contributed by atoms with E-state index in [0.717, 1.165) is 24.0 Å². The molecule has 2 rings (SSSR count). The number of nitrogens with zero attached hydrogens (tertiary/aromatic N) is 2. The molecule has 0 aliphatic rings. The highest BCUT2D eigenvalue weighted by atomic mass is 14.9. The average molecular weight is 257 g/mol. The highest BCUT2D eigenvalue weighted by molar-refractivity contribution is 5.74. The Morgan fingerprint density at radius 3 is 2.53 bits per heavy atom. The predicted molar refractivity (Wildman–Crippen MR) is 80.0 cm³/mol. The Morgan fingerprint density at radius 2 is 1.84 bits per heavy atom. The average Bonchev–Trinajstić information content (AvgIpc) is 2.47. The van der Waals surface area contributed by atoms with E-state index in [2.05, 4.69) is 54.3 Å². The molecule has 0 amide bonds. The molecule has 0 bridgehead atoms. The molecule has 0 saturated heterocycles. The second kappa shape index (κ2) is 6.62. The van der Waals surface area contributed by atoms with Crippen molar-refractivity contribution in [3.05, 3.63) is 36.2 Å². The highest BCUT2D eigenvalue weighted by Gasteiger charge is 2.17. The molecule has 19 heavy (non-hydrogen) atoms. The molecule has 1 aromatic heterocycles. The van der Waals surface area contributed by atoms with Gasteiger partial charge in [0.05, 0.1) is 11.0 Å². The molecule has 2 atom stereocenters. The van der Waals surface area contributed by atoms with E-state index < -0.39 is 0 Å². The molecule has 1 N–H and O–H groups in total. The number of hydrogen-bond donors (Lipinski definition) is 1. The van der Waals surface area contributed by atoms with Crippen molar-refractivity contribution in [2.75, 3.05) is 6.54 Å². The molecular weight excluding hydrogens is 234 g/mol. The third-order valence-corrected chi connectivity index (χ3v) is 3.68. The van der Waals surface area contributed by atoms with Crippen molar-refractivity contribution in [3.8, 4) is 0 Å². The van der Waals surface area contributed by atoms with Gasteiger partial charge in [-0.05, 0) is 36.6 Å². The Labute approximate surface area is 115 Å². The minimum atomic E-state index is 0.399. The van der Waals surface area contributed by atoms with E-state index in [9.17, 15) is 0 Å². The molecule has 102 valence electrons. The maximum Gasteiger partial charge on any atom is 0.0890 e. The summed E-state index contributed by atoms with van der Waals surface area (Å²) in [5, 5.41) is 3.65. The van der Waals surface area contributed by atoms with Gasteiger partial charge < -0.3 is 5.32 Å². The first-order valence-corrected chi connectivity index (χ1v) is 7.20. The van der Waals surface area contributed by atoms with Gasteiger partial charge in [-0.1, -0.05) is 33.3 Å². The van der Waals surface area contributed by atoms with Crippen LogP contribution < -0.4 is 5.32 Å². The molecular formula is C16H23N3. The summed E-state index contributed by atoms with van der Waals surface area (Å²) in [6.07, 6.45) is 5.81. The Morgan fingerprint density at radius 1 is 1.11 bits per heavy atom. The van der Waals surface area contributed by atoms with Crippen LogP contribution in [0.3, 0.4) is 0 Å². The van der Waals surface area contributed by atoms with Crippen LogP contribution in [-0.2, 0) is 0 Å². The molecule has 0 radical (unpaired) electrons. The van der Waals surface area contributed by atoms with Crippen LogP contribution in [-0.4, -0.2) is 16.5 Å². The number of benzene rings is 1. The molecule has 3 heteroatoms. The Hall–Kier alpha value is -1.48. The lowest BCUT2D eigenvalue weighted by molar-refractivity contribution is 0.377. The van der Waals surface area contributed by atoms with Crippen LogP contribution in [0.1, 0.15) is 45.2 Å². The summed E-state index contributed by atoms with van der Waals surface area (Å²) in [5.74, 6) is 0.612. The fraction of sp³-hybridized carbons (Fsp3) is 0.500. The van der Waals surface area contributed by atoms with Crippen molar-refractivity contribution in [1.29, 1.82) is 0 Å². The Bertz CT molecular complexity index is 524. The quantitative estimate of drug-likeness (QED) is 0.857. The molecule has 2 aromatic rings. The summed E-state index contributed by atoms with van der Waals surface area (Å²) in [7, 11) is 0. The monoisotopic (exact) mass is 257 g/mol. The highest BCUT2D eigenvalue weighted by Crippen LogP contribution is 2.26. The molecule has 1 aromatic carbocycles. The summed E-state index contributed by atoms with van der Waals surface area (Å²) < 4.78 is 0. The van der Waals surface area contributed by atoms with Crippen molar-refractivity contribution in [2.45, 2.75) is 39.7 Å². The topological polar surface area (TPSA) is 37.8 Å². The number of fused-ring (bicyclic) bond motifs is 1. The molecule has 0 fully saturated rings. The molecule has 0 saturated carbocycles. The normalized spacial score (nSPS) is 14.5. The number of aromatic nitrogens is 2. The van der Waals surface area contributed by atoms with Crippen molar-refractivity contribution < 1.29 is 0 Å². The predicted octanol–water partition coefficient (Wildman–Crippen LogP) is 3.72. The van der Waals surface area contributed by atoms with Crippen LogP contribution in [0.25, 0.3) is 11.0 Å². The zero-order valence-corrected chi connectivity index (χ0v) is 12.1. The summed E-state index contributed by atoms with van der Waals surface area (Å²) >= 11 is 0. The van der Waals surface area contributed by atoms with Gasteiger partial charge in [0.15, 0.2) is 0 Å². The molecule has 1 heterocycles. The van der Waals surface area contributed by atoms with Crippen molar-refractivity contribution in [2.24, 2.45) is 5.92 Å². The third-order valence-electron chi connectivity index (χ3n) is 3.68. The van der Waals surface area contributed by atoms with E-state index >= 15 is 0 Å². The zero-order valence-electron chi connectivity index (χ0n) is 12.1. The van der Waals surface area contributed by atoms with Gasteiger partial charge in [-0.2, -0.15) is 0 Å². The van der Waals surface area contributed by atoms with Gasteiger partial charge in [0.2, 0.25) is 0 Å². The van der Waals surface area contributed by atoms with Crippen molar-refractivity contribution in [3.63, 3.8) is 0 Å². The molecule has 2 unspecified atom stereocenters. The van der Waals surface area contributed by atoms with Crippen LogP contribution >= 0.6 is 0 Å². The van der Waals surface area contributed by atoms with Crippen LogP contribution in [0.2, 0.25) is 0 Å². The minimum absolute atomic E-state index is 0.399. The number of hydrogen-bond acceptors (Lipinski definition) is 3.